The summed E-state index contributed by atoms with van der Waals surface area (Å²) >= 11 is 0. The van der Waals surface area contributed by atoms with Gasteiger partial charge in [0.1, 0.15) is 0 Å². The molecule has 2 fully saturated rings. The van der Waals surface area contributed by atoms with Crippen LogP contribution in [0.3, 0.4) is 0 Å². The van der Waals surface area contributed by atoms with E-state index < -0.39 is 0 Å². The second-order valence-electron chi connectivity index (χ2n) is 6.98. The second-order valence-corrected chi connectivity index (χ2v) is 6.98. The van der Waals surface area contributed by atoms with Crippen LogP contribution in [0.1, 0.15) is 59.3 Å². The first-order valence-electron chi connectivity index (χ1n) is 7.46. The van der Waals surface area contributed by atoms with E-state index in [0.29, 0.717) is 11.3 Å². The lowest BCUT2D eigenvalue weighted by atomic mass is 9.74. The summed E-state index contributed by atoms with van der Waals surface area (Å²) in [5.74, 6) is 0.363. The van der Waals surface area contributed by atoms with Crippen LogP contribution in [0.25, 0.3) is 0 Å². The Balaban J connectivity index is 2.04. The van der Waals surface area contributed by atoms with E-state index in [-0.39, 0.29) is 11.5 Å². The van der Waals surface area contributed by atoms with Crippen molar-refractivity contribution in [3.63, 3.8) is 0 Å². The number of carbonyl (C=O) groups is 1. The highest BCUT2D eigenvalue weighted by atomic mass is 16.2. The molecule has 3 nitrogen and oxygen atoms in total. The molecule has 2 rings (SSSR count). The zero-order valence-electron chi connectivity index (χ0n) is 12.2. The van der Waals surface area contributed by atoms with Crippen molar-refractivity contribution in [2.75, 3.05) is 13.1 Å². The lowest BCUT2D eigenvalue weighted by Crippen LogP contribution is -2.53. The average Bonchev–Trinajstić information content (AvgIpc) is 2.71. The lowest BCUT2D eigenvalue weighted by Gasteiger charge is -2.39. The third kappa shape index (κ3) is 2.56. The van der Waals surface area contributed by atoms with Crippen molar-refractivity contribution in [1.29, 1.82) is 0 Å². The van der Waals surface area contributed by atoms with Gasteiger partial charge in [0.05, 0.1) is 5.92 Å². The number of amides is 1. The van der Waals surface area contributed by atoms with Crippen LogP contribution in [-0.4, -0.2) is 29.4 Å². The minimum absolute atomic E-state index is 0.0467. The van der Waals surface area contributed by atoms with Crippen LogP contribution in [0.15, 0.2) is 0 Å². The van der Waals surface area contributed by atoms with Crippen LogP contribution >= 0.6 is 0 Å². The number of likely N-dealkylation sites (tertiary alicyclic amines) is 1. The maximum absolute atomic E-state index is 12.7. The molecule has 0 aromatic rings. The highest BCUT2D eigenvalue weighted by Crippen LogP contribution is 2.37. The average molecular weight is 252 g/mol. The van der Waals surface area contributed by atoms with Gasteiger partial charge in [0, 0.05) is 18.6 Å². The number of hydrogen-bond acceptors (Lipinski definition) is 2. The molecule has 1 amide bonds. The third-order valence-electron chi connectivity index (χ3n) is 5.28. The van der Waals surface area contributed by atoms with Gasteiger partial charge in [-0.2, -0.15) is 0 Å². The molecule has 2 aliphatic rings. The van der Waals surface area contributed by atoms with Crippen molar-refractivity contribution in [1.82, 2.24) is 4.90 Å². The van der Waals surface area contributed by atoms with E-state index in [4.69, 9.17) is 5.73 Å². The highest BCUT2D eigenvalue weighted by Gasteiger charge is 2.43. The Bertz CT molecular complexity index is 326. The highest BCUT2D eigenvalue weighted by molar-refractivity contribution is 5.80. The first-order chi connectivity index (χ1) is 8.38. The summed E-state index contributed by atoms with van der Waals surface area (Å²) in [4.78, 5) is 14.7. The predicted octanol–water partition coefficient (Wildman–Crippen LogP) is 2.54. The summed E-state index contributed by atoms with van der Waals surface area (Å²) in [6.45, 7) is 8.43. The minimum Gasteiger partial charge on any atom is -0.342 e. The Morgan fingerprint density at radius 1 is 1.33 bits per heavy atom. The smallest absolute Gasteiger partial charge is 0.227 e. The van der Waals surface area contributed by atoms with Gasteiger partial charge in [-0.3, -0.25) is 4.79 Å². The van der Waals surface area contributed by atoms with Gasteiger partial charge in [-0.05, 0) is 38.0 Å². The molecular weight excluding hydrogens is 224 g/mol. The Morgan fingerprint density at radius 2 is 2.06 bits per heavy atom. The third-order valence-corrected chi connectivity index (χ3v) is 5.28. The van der Waals surface area contributed by atoms with E-state index in [9.17, 15) is 4.79 Å². The molecule has 0 bridgehead atoms. The van der Waals surface area contributed by atoms with Crippen molar-refractivity contribution in [3.05, 3.63) is 0 Å². The Labute approximate surface area is 111 Å². The summed E-state index contributed by atoms with van der Waals surface area (Å²) in [5.41, 5.74) is 6.38. The standard InChI is InChI=1S/C15H28N2O/c1-4-14(2)9-10-17(11-14)13(18)12-7-5-6-8-15(12,3)16/h12H,4-11,16H2,1-3H3. The molecule has 0 aromatic carbocycles. The van der Waals surface area contributed by atoms with E-state index in [1.807, 2.05) is 0 Å². The maximum Gasteiger partial charge on any atom is 0.227 e. The van der Waals surface area contributed by atoms with Gasteiger partial charge in [-0.1, -0.05) is 26.7 Å². The molecule has 2 N–H and O–H groups in total. The van der Waals surface area contributed by atoms with Crippen molar-refractivity contribution in [2.24, 2.45) is 17.1 Å². The normalized spacial score (nSPS) is 41.1. The quantitative estimate of drug-likeness (QED) is 0.821. The largest absolute Gasteiger partial charge is 0.342 e. The van der Waals surface area contributed by atoms with Gasteiger partial charge in [-0.25, -0.2) is 0 Å². The monoisotopic (exact) mass is 252 g/mol. The number of nitrogens with two attached hydrogens (primary N) is 1. The molecule has 1 aliphatic heterocycles. The first kappa shape index (κ1) is 13.9. The maximum atomic E-state index is 12.7. The van der Waals surface area contributed by atoms with Gasteiger partial charge < -0.3 is 10.6 Å². The van der Waals surface area contributed by atoms with E-state index in [2.05, 4.69) is 25.7 Å². The van der Waals surface area contributed by atoms with Crippen LogP contribution in [0.5, 0.6) is 0 Å². The van der Waals surface area contributed by atoms with E-state index in [1.54, 1.807) is 0 Å². The van der Waals surface area contributed by atoms with Crippen molar-refractivity contribution < 1.29 is 4.79 Å². The van der Waals surface area contributed by atoms with E-state index in [0.717, 1.165) is 45.2 Å². The zero-order chi connectivity index (χ0) is 13.4. The summed E-state index contributed by atoms with van der Waals surface area (Å²) in [7, 11) is 0. The minimum atomic E-state index is -0.291. The van der Waals surface area contributed by atoms with Crippen LogP contribution in [0.2, 0.25) is 0 Å². The van der Waals surface area contributed by atoms with Crippen molar-refractivity contribution in [2.45, 2.75) is 64.8 Å². The molecule has 1 heterocycles. The molecule has 3 heteroatoms. The van der Waals surface area contributed by atoms with Gasteiger partial charge >= 0.3 is 0 Å². The molecule has 104 valence electrons. The number of hydrogen-bond donors (Lipinski definition) is 1. The fourth-order valence-corrected chi connectivity index (χ4v) is 3.48. The molecule has 18 heavy (non-hydrogen) atoms. The Morgan fingerprint density at radius 3 is 2.61 bits per heavy atom. The number of nitrogens with zero attached hydrogens (tertiary/aromatic N) is 1. The Hall–Kier alpha value is -0.570. The molecule has 1 aliphatic carbocycles. The molecule has 0 aromatic heterocycles. The van der Waals surface area contributed by atoms with Crippen LogP contribution in [0.4, 0.5) is 0 Å². The van der Waals surface area contributed by atoms with Crippen molar-refractivity contribution in [3.8, 4) is 0 Å². The molecule has 1 saturated heterocycles. The SMILES string of the molecule is CCC1(C)CCN(C(=O)C2CCCCC2(C)N)C1. The summed E-state index contributed by atoms with van der Waals surface area (Å²) in [6.07, 6.45) is 6.59. The second kappa shape index (κ2) is 4.84. The summed E-state index contributed by atoms with van der Waals surface area (Å²) < 4.78 is 0. The van der Waals surface area contributed by atoms with Gasteiger partial charge in [0.25, 0.3) is 0 Å². The van der Waals surface area contributed by atoms with Crippen molar-refractivity contribution >= 4 is 5.91 Å². The van der Waals surface area contributed by atoms with Gasteiger partial charge in [-0.15, -0.1) is 0 Å². The lowest BCUT2D eigenvalue weighted by molar-refractivity contribution is -0.138. The van der Waals surface area contributed by atoms with E-state index in [1.165, 1.54) is 6.42 Å². The molecule has 0 spiro atoms. The van der Waals surface area contributed by atoms with Crippen LogP contribution < -0.4 is 5.73 Å². The molecule has 3 unspecified atom stereocenters. The molecule has 0 radical (unpaired) electrons. The Kier molecular flexibility index (Phi) is 3.72. The molecular formula is C15H28N2O. The van der Waals surface area contributed by atoms with Gasteiger partial charge in [0.2, 0.25) is 5.91 Å². The topological polar surface area (TPSA) is 46.3 Å². The van der Waals surface area contributed by atoms with Crippen LogP contribution in [-0.2, 0) is 4.79 Å². The fourth-order valence-electron chi connectivity index (χ4n) is 3.48. The fraction of sp³-hybridized carbons (Fsp3) is 0.933. The van der Waals surface area contributed by atoms with E-state index >= 15 is 0 Å². The van der Waals surface area contributed by atoms with Crippen LogP contribution in [0, 0.1) is 11.3 Å². The predicted molar refractivity (Wildman–Crippen MR) is 74.1 cm³/mol. The molecule has 1 saturated carbocycles. The number of carbonyl (C=O) groups excluding carboxylic acids is 1. The first-order valence-corrected chi connectivity index (χ1v) is 7.46. The number of rotatable bonds is 2. The summed E-state index contributed by atoms with van der Waals surface area (Å²) in [5, 5.41) is 0. The summed E-state index contributed by atoms with van der Waals surface area (Å²) in [6, 6.07) is 0. The van der Waals surface area contributed by atoms with Gasteiger partial charge in [0.15, 0.2) is 0 Å². The molecule has 3 atom stereocenters. The zero-order valence-corrected chi connectivity index (χ0v) is 12.2.